The highest BCUT2D eigenvalue weighted by atomic mass is 32.1. The average Bonchev–Trinajstić information content (AvgIpc) is 3.36. The first-order chi connectivity index (χ1) is 16.9. The first kappa shape index (κ1) is 27.9. The number of amides is 3. The summed E-state index contributed by atoms with van der Waals surface area (Å²) < 4.78 is 11.3. The van der Waals surface area contributed by atoms with E-state index in [1.54, 1.807) is 17.0 Å². The van der Waals surface area contributed by atoms with Crippen molar-refractivity contribution in [2.75, 3.05) is 19.7 Å². The van der Waals surface area contributed by atoms with Gasteiger partial charge in [0.15, 0.2) is 5.11 Å². The summed E-state index contributed by atoms with van der Waals surface area (Å²) in [4.78, 5) is 40.8. The molecular formula is C26H38N4O5S. The summed E-state index contributed by atoms with van der Waals surface area (Å²) >= 11 is 5.58. The van der Waals surface area contributed by atoms with Crippen molar-refractivity contribution in [2.24, 2.45) is 11.8 Å². The molecule has 2 heterocycles. The Bertz CT molecular complexity index is 971. The van der Waals surface area contributed by atoms with Crippen molar-refractivity contribution < 1.29 is 23.5 Å². The van der Waals surface area contributed by atoms with Gasteiger partial charge in [0.2, 0.25) is 11.8 Å². The molecule has 1 aromatic rings. The van der Waals surface area contributed by atoms with E-state index in [1.165, 1.54) is 18.1 Å². The van der Waals surface area contributed by atoms with E-state index in [1.807, 2.05) is 26.8 Å². The number of nitrogens with zero attached hydrogens (tertiary/aromatic N) is 2. The number of thiocarbonyl (C=S) groups is 1. The van der Waals surface area contributed by atoms with Gasteiger partial charge in [-0.15, -0.1) is 0 Å². The molecule has 10 heteroatoms. The highest BCUT2D eigenvalue weighted by Gasteiger charge is 2.43. The molecular weight excluding hydrogens is 480 g/mol. The third kappa shape index (κ3) is 7.64. The fourth-order valence-electron chi connectivity index (χ4n) is 4.44. The largest absolute Gasteiger partial charge is 0.467 e. The fourth-order valence-corrected chi connectivity index (χ4v) is 4.81. The molecule has 1 aliphatic heterocycles. The van der Waals surface area contributed by atoms with Crippen LogP contribution in [-0.4, -0.2) is 70.0 Å². The molecule has 3 rings (SSSR count). The lowest BCUT2D eigenvalue weighted by atomic mass is 9.83. The van der Waals surface area contributed by atoms with E-state index in [-0.39, 0.29) is 42.3 Å². The lowest BCUT2D eigenvalue weighted by Gasteiger charge is -2.32. The molecule has 0 radical (unpaired) electrons. The molecule has 3 unspecified atom stereocenters. The Labute approximate surface area is 218 Å². The van der Waals surface area contributed by atoms with Gasteiger partial charge >= 0.3 is 0 Å². The standard InChI is InChI=1S/C26H38N4O5S/c1-17-13-20(9-8-19(17)16-35-26(3,4)5)28-23(32)14-22-24(33)30(15-21-7-6-12-34-21)25(36)29(22)11-10-27-18(2)31/h6-9,12,17,19-20,22H,10-11,13-16H2,1-5H3,(H,27,31)(H,28,32)/t17?,19?,20-,22?/m0/s1. The lowest BCUT2D eigenvalue weighted by molar-refractivity contribution is -0.132. The minimum absolute atomic E-state index is 0.0248. The zero-order valence-corrected chi connectivity index (χ0v) is 22.6. The van der Waals surface area contributed by atoms with E-state index in [0.717, 1.165) is 6.42 Å². The summed E-state index contributed by atoms with van der Waals surface area (Å²) in [6, 6.07) is 2.68. The summed E-state index contributed by atoms with van der Waals surface area (Å²) in [6.45, 7) is 11.2. The summed E-state index contributed by atoms with van der Waals surface area (Å²) in [5, 5.41) is 6.12. The Hall–Kier alpha value is -2.72. The third-order valence-electron chi connectivity index (χ3n) is 6.41. The molecule has 2 aliphatic rings. The number of carbonyl (C=O) groups excluding carboxylic acids is 3. The number of ether oxygens (including phenoxy) is 1. The number of carbonyl (C=O) groups is 3. The first-order valence-electron chi connectivity index (χ1n) is 12.4. The molecule has 0 spiro atoms. The molecule has 2 N–H and O–H groups in total. The molecule has 1 saturated heterocycles. The quantitative estimate of drug-likeness (QED) is 0.362. The van der Waals surface area contributed by atoms with Gasteiger partial charge in [0.25, 0.3) is 5.91 Å². The molecule has 198 valence electrons. The topological polar surface area (TPSA) is 104 Å². The SMILES string of the molecule is CC(=O)NCCN1C(=S)N(Cc2ccco2)C(=O)C1CC(=O)N[C@H]1C=CC(COC(C)(C)C)C(C)C1. The first-order valence-corrected chi connectivity index (χ1v) is 12.9. The number of hydrogen-bond acceptors (Lipinski definition) is 6. The third-order valence-corrected chi connectivity index (χ3v) is 6.86. The van der Waals surface area contributed by atoms with Crippen molar-refractivity contribution >= 4 is 35.1 Å². The van der Waals surface area contributed by atoms with E-state index in [0.29, 0.717) is 42.4 Å². The number of furan rings is 1. The summed E-state index contributed by atoms with van der Waals surface area (Å²) in [7, 11) is 0. The summed E-state index contributed by atoms with van der Waals surface area (Å²) in [5.41, 5.74) is -0.191. The molecule has 4 atom stereocenters. The van der Waals surface area contributed by atoms with Crippen molar-refractivity contribution in [1.82, 2.24) is 20.4 Å². The Morgan fingerprint density at radius 1 is 1.28 bits per heavy atom. The highest BCUT2D eigenvalue weighted by molar-refractivity contribution is 7.80. The van der Waals surface area contributed by atoms with E-state index in [4.69, 9.17) is 21.4 Å². The Morgan fingerprint density at radius 3 is 2.64 bits per heavy atom. The van der Waals surface area contributed by atoms with Gasteiger partial charge in [-0.2, -0.15) is 0 Å². The van der Waals surface area contributed by atoms with Crippen molar-refractivity contribution in [2.45, 2.75) is 71.7 Å². The van der Waals surface area contributed by atoms with Crippen LogP contribution in [0, 0.1) is 11.8 Å². The molecule has 1 aromatic heterocycles. The van der Waals surface area contributed by atoms with Gasteiger partial charge in [0.05, 0.1) is 31.4 Å². The van der Waals surface area contributed by atoms with Crippen LogP contribution in [-0.2, 0) is 25.7 Å². The minimum Gasteiger partial charge on any atom is -0.467 e. The lowest BCUT2D eigenvalue weighted by Crippen LogP contribution is -2.45. The fraction of sp³-hybridized carbons (Fsp3) is 0.615. The van der Waals surface area contributed by atoms with Crippen LogP contribution in [0.5, 0.6) is 0 Å². The van der Waals surface area contributed by atoms with Gasteiger partial charge in [-0.05, 0) is 57.5 Å². The predicted octanol–water partition coefficient (Wildman–Crippen LogP) is 2.62. The van der Waals surface area contributed by atoms with Crippen LogP contribution < -0.4 is 10.6 Å². The van der Waals surface area contributed by atoms with Gasteiger partial charge < -0.3 is 24.7 Å². The van der Waals surface area contributed by atoms with E-state index >= 15 is 0 Å². The predicted molar refractivity (Wildman–Crippen MR) is 140 cm³/mol. The second kappa shape index (κ2) is 12.0. The molecule has 0 bridgehead atoms. The van der Waals surface area contributed by atoms with Crippen LogP contribution in [0.4, 0.5) is 0 Å². The van der Waals surface area contributed by atoms with E-state index < -0.39 is 6.04 Å². The number of nitrogens with one attached hydrogen (secondary N) is 2. The monoisotopic (exact) mass is 518 g/mol. The van der Waals surface area contributed by atoms with Crippen LogP contribution in [0.25, 0.3) is 0 Å². The number of rotatable bonds is 10. The molecule has 36 heavy (non-hydrogen) atoms. The van der Waals surface area contributed by atoms with Gasteiger partial charge in [0, 0.05) is 32.0 Å². The highest BCUT2D eigenvalue weighted by Crippen LogP contribution is 2.27. The van der Waals surface area contributed by atoms with Crippen LogP contribution in [0.3, 0.4) is 0 Å². The van der Waals surface area contributed by atoms with Crippen LogP contribution >= 0.6 is 12.2 Å². The molecule has 1 aliphatic carbocycles. The minimum atomic E-state index is -0.737. The number of hydrogen-bond donors (Lipinski definition) is 2. The van der Waals surface area contributed by atoms with Crippen LogP contribution in [0.2, 0.25) is 0 Å². The zero-order valence-electron chi connectivity index (χ0n) is 21.8. The molecule has 9 nitrogen and oxygen atoms in total. The average molecular weight is 519 g/mol. The summed E-state index contributed by atoms with van der Waals surface area (Å²) in [6.07, 6.45) is 6.45. The van der Waals surface area contributed by atoms with Crippen LogP contribution in [0.15, 0.2) is 35.0 Å². The van der Waals surface area contributed by atoms with Crippen molar-refractivity contribution in [3.05, 3.63) is 36.3 Å². The van der Waals surface area contributed by atoms with Crippen LogP contribution in [0.1, 0.15) is 53.2 Å². The molecule has 0 aromatic carbocycles. The second-order valence-corrected chi connectivity index (χ2v) is 10.9. The smallest absolute Gasteiger partial charge is 0.252 e. The maximum absolute atomic E-state index is 13.3. The van der Waals surface area contributed by atoms with Gasteiger partial charge in [0.1, 0.15) is 11.8 Å². The van der Waals surface area contributed by atoms with Gasteiger partial charge in [-0.3, -0.25) is 19.3 Å². The second-order valence-electron chi connectivity index (χ2n) is 10.5. The van der Waals surface area contributed by atoms with E-state index in [2.05, 4.69) is 23.6 Å². The Kier molecular flexibility index (Phi) is 9.30. The molecule has 1 fully saturated rings. The van der Waals surface area contributed by atoms with Gasteiger partial charge in [-0.1, -0.05) is 19.1 Å². The Balaban J connectivity index is 1.62. The maximum Gasteiger partial charge on any atom is 0.252 e. The van der Waals surface area contributed by atoms with E-state index in [9.17, 15) is 14.4 Å². The summed E-state index contributed by atoms with van der Waals surface area (Å²) in [5.74, 6) is 0.612. The maximum atomic E-state index is 13.3. The van der Waals surface area contributed by atoms with Crippen molar-refractivity contribution in [1.29, 1.82) is 0 Å². The van der Waals surface area contributed by atoms with Gasteiger partial charge in [-0.25, -0.2) is 0 Å². The zero-order chi connectivity index (χ0) is 26.5. The Morgan fingerprint density at radius 2 is 2.03 bits per heavy atom. The normalized spacial score (nSPS) is 24.4. The molecule has 3 amide bonds. The molecule has 0 saturated carbocycles. The van der Waals surface area contributed by atoms with Crippen molar-refractivity contribution in [3.8, 4) is 0 Å². The van der Waals surface area contributed by atoms with Crippen molar-refractivity contribution in [3.63, 3.8) is 0 Å².